The lowest BCUT2D eigenvalue weighted by Crippen LogP contribution is -2.49. The van der Waals surface area contributed by atoms with Crippen LogP contribution in [0.5, 0.6) is 0 Å². The first-order chi connectivity index (χ1) is 18.3. The average Bonchev–Trinajstić information content (AvgIpc) is 2.88. The predicted molar refractivity (Wildman–Crippen MR) is 140 cm³/mol. The van der Waals surface area contributed by atoms with Gasteiger partial charge in [0.2, 0.25) is 11.8 Å². The van der Waals surface area contributed by atoms with Gasteiger partial charge >= 0.3 is 17.9 Å². The highest BCUT2D eigenvalue weighted by molar-refractivity contribution is 5.93. The number of nitrogens with two attached hydrogens (primary N) is 1. The number of ketones is 2. The number of carbonyl (C=O) groups excluding carboxylic acids is 4. The van der Waals surface area contributed by atoms with Crippen molar-refractivity contribution in [3.63, 3.8) is 0 Å². The molecule has 4 atom stereocenters. The highest BCUT2D eigenvalue weighted by Crippen LogP contribution is 2.17. The summed E-state index contributed by atoms with van der Waals surface area (Å²) in [5.74, 6) is -6.59. The van der Waals surface area contributed by atoms with Gasteiger partial charge in [-0.15, -0.1) is 0 Å². The number of carbonyl (C=O) groups is 7. The van der Waals surface area contributed by atoms with Crippen molar-refractivity contribution >= 4 is 41.3 Å². The molecular formula is C26H43N3O10. The molecule has 0 aliphatic carbocycles. The van der Waals surface area contributed by atoms with E-state index in [0.717, 1.165) is 6.42 Å². The molecule has 0 saturated carbocycles. The van der Waals surface area contributed by atoms with Crippen molar-refractivity contribution in [1.29, 1.82) is 0 Å². The van der Waals surface area contributed by atoms with Crippen molar-refractivity contribution < 1.29 is 48.9 Å². The number of amides is 2. The molecule has 0 aliphatic heterocycles. The van der Waals surface area contributed by atoms with Crippen LogP contribution < -0.4 is 16.4 Å². The van der Waals surface area contributed by atoms with Gasteiger partial charge in [-0.25, -0.2) is 0 Å². The maximum Gasteiger partial charge on any atom is 0.303 e. The SMILES string of the molecule is CCC(=O)[C@@H](CC)CCCCNC(=O)[C@H](CCC(=O)O)NC(=O)[C@H](CCC(=O)O)CC(=O)[C@@H](N)CCC(=O)O. The molecule has 0 heterocycles. The molecule has 0 aromatic heterocycles. The van der Waals surface area contributed by atoms with Crippen LogP contribution in [0.4, 0.5) is 0 Å². The predicted octanol–water partition coefficient (Wildman–Crippen LogP) is 1.26. The van der Waals surface area contributed by atoms with Crippen LogP contribution in [-0.4, -0.2) is 75.2 Å². The molecule has 13 nitrogen and oxygen atoms in total. The van der Waals surface area contributed by atoms with Gasteiger partial charge in [-0.2, -0.15) is 0 Å². The number of hydrogen-bond donors (Lipinski definition) is 6. The first kappa shape index (κ1) is 35.6. The van der Waals surface area contributed by atoms with Crippen LogP contribution in [0.3, 0.4) is 0 Å². The molecule has 0 rings (SSSR count). The smallest absolute Gasteiger partial charge is 0.303 e. The molecule has 39 heavy (non-hydrogen) atoms. The molecule has 7 N–H and O–H groups in total. The fraction of sp³-hybridized carbons (Fsp3) is 0.731. The highest BCUT2D eigenvalue weighted by atomic mass is 16.4. The highest BCUT2D eigenvalue weighted by Gasteiger charge is 2.29. The Morgan fingerprint density at radius 3 is 1.79 bits per heavy atom. The van der Waals surface area contributed by atoms with E-state index in [1.54, 1.807) is 0 Å². The average molecular weight is 558 g/mol. The largest absolute Gasteiger partial charge is 0.481 e. The Bertz CT molecular complexity index is 861. The number of rotatable bonds is 23. The van der Waals surface area contributed by atoms with Gasteiger partial charge in [0.05, 0.1) is 6.04 Å². The number of unbranched alkanes of at least 4 members (excludes halogenated alkanes) is 1. The molecule has 222 valence electrons. The minimum atomic E-state index is -1.23. The number of hydrogen-bond acceptors (Lipinski definition) is 8. The Balaban J connectivity index is 5.23. The minimum absolute atomic E-state index is 0.0315. The van der Waals surface area contributed by atoms with Gasteiger partial charge in [0.15, 0.2) is 0 Å². The summed E-state index contributed by atoms with van der Waals surface area (Å²) in [4.78, 5) is 83.0. The molecule has 0 unspecified atom stereocenters. The van der Waals surface area contributed by atoms with Crippen molar-refractivity contribution in [1.82, 2.24) is 10.6 Å². The van der Waals surface area contributed by atoms with Gasteiger partial charge in [0.1, 0.15) is 17.6 Å². The summed E-state index contributed by atoms with van der Waals surface area (Å²) < 4.78 is 0. The minimum Gasteiger partial charge on any atom is -0.481 e. The fourth-order valence-corrected chi connectivity index (χ4v) is 4.02. The Morgan fingerprint density at radius 1 is 0.692 bits per heavy atom. The van der Waals surface area contributed by atoms with Crippen LogP contribution in [0.25, 0.3) is 0 Å². The summed E-state index contributed by atoms with van der Waals surface area (Å²) in [6.45, 7) is 4.00. The fourth-order valence-electron chi connectivity index (χ4n) is 4.02. The lowest BCUT2D eigenvalue weighted by Gasteiger charge is -2.22. The Labute approximate surface area is 228 Å². The van der Waals surface area contributed by atoms with Crippen molar-refractivity contribution in [3.8, 4) is 0 Å². The van der Waals surface area contributed by atoms with Crippen LogP contribution in [0, 0.1) is 11.8 Å². The van der Waals surface area contributed by atoms with E-state index in [4.69, 9.17) is 21.1 Å². The van der Waals surface area contributed by atoms with Gasteiger partial charge < -0.3 is 31.7 Å². The molecule has 0 fully saturated rings. The zero-order chi connectivity index (χ0) is 30.0. The zero-order valence-corrected chi connectivity index (χ0v) is 22.8. The second-order valence-electron chi connectivity index (χ2n) is 9.54. The van der Waals surface area contributed by atoms with Crippen LogP contribution in [0.1, 0.15) is 90.9 Å². The maximum absolute atomic E-state index is 13.0. The first-order valence-corrected chi connectivity index (χ1v) is 13.4. The van der Waals surface area contributed by atoms with E-state index in [1.807, 2.05) is 13.8 Å². The van der Waals surface area contributed by atoms with Crippen molar-refractivity contribution in [3.05, 3.63) is 0 Å². The van der Waals surface area contributed by atoms with E-state index in [-0.39, 0.29) is 43.9 Å². The third kappa shape index (κ3) is 16.3. The summed E-state index contributed by atoms with van der Waals surface area (Å²) in [7, 11) is 0. The number of carboxylic acid groups (broad SMARTS) is 3. The number of carboxylic acids is 3. The molecule has 0 bridgehead atoms. The topological polar surface area (TPSA) is 230 Å². The molecule has 13 heteroatoms. The maximum atomic E-state index is 13.0. The van der Waals surface area contributed by atoms with Gasteiger partial charge in [-0.1, -0.05) is 20.3 Å². The number of nitrogens with one attached hydrogen (secondary N) is 2. The summed E-state index contributed by atoms with van der Waals surface area (Å²) in [6.07, 6.45) is 0.853. The van der Waals surface area contributed by atoms with Crippen molar-refractivity contribution in [2.45, 2.75) is 103 Å². The van der Waals surface area contributed by atoms with Crippen LogP contribution in [0.15, 0.2) is 0 Å². The normalized spacial score (nSPS) is 13.9. The van der Waals surface area contributed by atoms with E-state index in [2.05, 4.69) is 10.6 Å². The third-order valence-electron chi connectivity index (χ3n) is 6.46. The lowest BCUT2D eigenvalue weighted by atomic mass is 9.91. The van der Waals surface area contributed by atoms with Crippen molar-refractivity contribution in [2.24, 2.45) is 17.6 Å². The standard InChI is InChI=1S/C26H43N3O10/c1-3-16(20(30)4-2)7-5-6-14-28-26(39)19(10-13-24(36)37)29-25(38)17(8-11-22(32)33)15-21(31)18(27)9-12-23(34)35/h16-19H,3-15,27H2,1-2H3,(H,28,39)(H,29,38)(H,32,33)(H,34,35)(H,36,37)/t16-,17+,18-,19-/m0/s1. The van der Waals surface area contributed by atoms with Crippen molar-refractivity contribution in [2.75, 3.05) is 6.54 Å². The Hall–Kier alpha value is -3.35. The molecule has 2 amide bonds. The molecule has 0 aromatic rings. The van der Waals surface area contributed by atoms with E-state index in [0.29, 0.717) is 25.7 Å². The second kappa shape index (κ2) is 19.7. The molecular weight excluding hydrogens is 514 g/mol. The summed E-state index contributed by atoms with van der Waals surface area (Å²) in [5.41, 5.74) is 5.72. The van der Waals surface area contributed by atoms with Gasteiger partial charge in [-0.05, 0) is 38.5 Å². The monoisotopic (exact) mass is 557 g/mol. The first-order valence-electron chi connectivity index (χ1n) is 13.4. The van der Waals surface area contributed by atoms with Gasteiger partial charge in [0, 0.05) is 50.5 Å². The van der Waals surface area contributed by atoms with Crippen LogP contribution in [0.2, 0.25) is 0 Å². The number of aliphatic carboxylic acids is 3. The molecule has 0 aromatic carbocycles. The summed E-state index contributed by atoms with van der Waals surface area (Å²) in [5, 5.41) is 31.9. The number of Topliss-reactive ketones (excluding diaryl/α,β-unsaturated/α-hetero) is 2. The van der Waals surface area contributed by atoms with E-state index in [9.17, 15) is 33.6 Å². The summed E-state index contributed by atoms with van der Waals surface area (Å²) in [6, 6.07) is -2.39. The summed E-state index contributed by atoms with van der Waals surface area (Å²) >= 11 is 0. The molecule has 0 radical (unpaired) electrons. The van der Waals surface area contributed by atoms with E-state index in [1.165, 1.54) is 0 Å². The quantitative estimate of drug-likeness (QED) is 0.0979. The molecule has 0 spiro atoms. The van der Waals surface area contributed by atoms with Gasteiger partial charge in [-0.3, -0.25) is 33.6 Å². The van der Waals surface area contributed by atoms with E-state index < -0.39 is 72.8 Å². The third-order valence-corrected chi connectivity index (χ3v) is 6.46. The zero-order valence-electron chi connectivity index (χ0n) is 22.8. The van der Waals surface area contributed by atoms with Crippen LogP contribution in [-0.2, 0) is 33.6 Å². The Kier molecular flexibility index (Phi) is 18.0. The van der Waals surface area contributed by atoms with E-state index >= 15 is 0 Å². The molecule has 0 saturated heterocycles. The van der Waals surface area contributed by atoms with Crippen LogP contribution >= 0.6 is 0 Å². The second-order valence-corrected chi connectivity index (χ2v) is 9.54. The molecule has 0 aliphatic rings. The lowest BCUT2D eigenvalue weighted by molar-refractivity contribution is -0.140. The Morgan fingerprint density at radius 2 is 1.26 bits per heavy atom. The van der Waals surface area contributed by atoms with Gasteiger partial charge in [0.25, 0.3) is 0 Å².